The minimum absolute atomic E-state index is 0.0233. The number of Topliss-reactive ketones (excluding diaryl/α,β-unsaturated/α-hetero) is 1. The van der Waals surface area contributed by atoms with Crippen LogP contribution < -0.4 is 10.6 Å². The summed E-state index contributed by atoms with van der Waals surface area (Å²) < 4.78 is 25.7. The molecule has 0 rings (SSSR count). The number of carbonyl (C=O) groups excluding carboxylic acids is 3. The van der Waals surface area contributed by atoms with E-state index in [1.165, 1.54) is 7.11 Å². The van der Waals surface area contributed by atoms with Crippen molar-refractivity contribution in [2.45, 2.75) is 20.8 Å². The highest BCUT2D eigenvalue weighted by atomic mass is 16.5. The van der Waals surface area contributed by atoms with Crippen molar-refractivity contribution in [3.63, 3.8) is 0 Å². The molecule has 29 heavy (non-hydrogen) atoms. The third-order valence-electron chi connectivity index (χ3n) is 3.46. The van der Waals surface area contributed by atoms with Crippen LogP contribution in [0.3, 0.4) is 0 Å². The van der Waals surface area contributed by atoms with Gasteiger partial charge in [-0.3, -0.25) is 14.4 Å². The molecule has 0 saturated carbocycles. The molecule has 0 aromatic carbocycles. The predicted molar refractivity (Wildman–Crippen MR) is 106 cm³/mol. The summed E-state index contributed by atoms with van der Waals surface area (Å²) in [7, 11) is 1.45. The van der Waals surface area contributed by atoms with E-state index in [1.807, 2.05) is 20.8 Å². The second-order valence-corrected chi connectivity index (χ2v) is 7.14. The van der Waals surface area contributed by atoms with Crippen molar-refractivity contribution in [1.82, 2.24) is 10.6 Å². The molecule has 0 radical (unpaired) electrons. The molecule has 0 heterocycles. The Bertz CT molecular complexity index is 466. The van der Waals surface area contributed by atoms with Crippen LogP contribution in [0.5, 0.6) is 0 Å². The smallest absolute Gasteiger partial charge is 0.246 e. The molecule has 170 valence electrons. The van der Waals surface area contributed by atoms with Crippen molar-refractivity contribution in [3.05, 3.63) is 0 Å². The van der Waals surface area contributed by atoms with Gasteiger partial charge in [-0.1, -0.05) is 20.8 Å². The van der Waals surface area contributed by atoms with E-state index in [2.05, 4.69) is 15.4 Å². The normalized spacial score (nSPS) is 11.3. The maximum absolute atomic E-state index is 11.6. The summed E-state index contributed by atoms with van der Waals surface area (Å²) in [5.41, 5.74) is -0.402. The van der Waals surface area contributed by atoms with Gasteiger partial charge in [0.15, 0.2) is 5.78 Å². The first-order valence-corrected chi connectivity index (χ1v) is 9.64. The van der Waals surface area contributed by atoms with Gasteiger partial charge in [0.05, 0.1) is 39.6 Å². The number of hydrogen-bond acceptors (Lipinski definition) is 8. The summed E-state index contributed by atoms with van der Waals surface area (Å²) in [4.78, 5) is 34.3. The van der Waals surface area contributed by atoms with Crippen molar-refractivity contribution in [2.75, 3.05) is 79.7 Å². The number of amides is 2. The standard InChI is InChI=1S/C19H36N2O8/c1-19(2,3)16(22)13-28-11-9-26-8-6-21-18(24)15-29-12-10-27-7-5-20-17(23)14-25-4/h5-15H2,1-4H3,(H,20,23)(H,21,24). The van der Waals surface area contributed by atoms with Crippen molar-refractivity contribution in [1.29, 1.82) is 0 Å². The molecule has 0 saturated heterocycles. The van der Waals surface area contributed by atoms with Gasteiger partial charge in [-0.2, -0.15) is 0 Å². The summed E-state index contributed by atoms with van der Waals surface area (Å²) in [5.74, 6) is -0.396. The molecule has 0 atom stereocenters. The molecule has 10 nitrogen and oxygen atoms in total. The molecule has 0 aliphatic carbocycles. The Kier molecular flexibility index (Phi) is 16.3. The Morgan fingerprint density at radius 1 is 0.655 bits per heavy atom. The maximum Gasteiger partial charge on any atom is 0.246 e. The molecule has 0 spiro atoms. The molecule has 0 unspecified atom stereocenters. The lowest BCUT2D eigenvalue weighted by Crippen LogP contribution is -2.32. The average Bonchev–Trinajstić information content (AvgIpc) is 2.65. The van der Waals surface area contributed by atoms with Gasteiger partial charge >= 0.3 is 0 Å². The first kappa shape index (κ1) is 27.4. The fraction of sp³-hybridized carbons (Fsp3) is 0.842. The van der Waals surface area contributed by atoms with E-state index in [0.29, 0.717) is 46.1 Å². The highest BCUT2D eigenvalue weighted by molar-refractivity contribution is 5.84. The minimum atomic E-state index is -0.402. The van der Waals surface area contributed by atoms with Crippen LogP contribution in [0.25, 0.3) is 0 Å². The van der Waals surface area contributed by atoms with Gasteiger partial charge in [0, 0.05) is 25.6 Å². The van der Waals surface area contributed by atoms with Gasteiger partial charge in [0.2, 0.25) is 11.8 Å². The van der Waals surface area contributed by atoms with Crippen LogP contribution in [-0.2, 0) is 38.1 Å². The average molecular weight is 421 g/mol. The third-order valence-corrected chi connectivity index (χ3v) is 3.46. The zero-order valence-electron chi connectivity index (χ0n) is 18.0. The molecule has 2 amide bonds. The van der Waals surface area contributed by atoms with Gasteiger partial charge < -0.3 is 34.3 Å². The van der Waals surface area contributed by atoms with Gasteiger partial charge in [0.1, 0.15) is 19.8 Å². The van der Waals surface area contributed by atoms with E-state index < -0.39 is 5.41 Å². The lowest BCUT2D eigenvalue weighted by Gasteiger charge is -2.16. The Morgan fingerprint density at radius 2 is 1.10 bits per heavy atom. The first-order chi connectivity index (χ1) is 13.8. The minimum Gasteiger partial charge on any atom is -0.377 e. The van der Waals surface area contributed by atoms with Crippen molar-refractivity contribution >= 4 is 17.6 Å². The summed E-state index contributed by atoms with van der Waals surface area (Å²) in [6.45, 7) is 8.33. The SMILES string of the molecule is COCC(=O)NCCOCCOCC(=O)NCCOCCOCC(=O)C(C)(C)C. The second-order valence-electron chi connectivity index (χ2n) is 7.14. The molecular formula is C19H36N2O8. The van der Waals surface area contributed by atoms with Crippen molar-refractivity contribution < 1.29 is 38.1 Å². The van der Waals surface area contributed by atoms with Crippen molar-refractivity contribution in [3.8, 4) is 0 Å². The zero-order chi connectivity index (χ0) is 22.0. The maximum atomic E-state index is 11.6. The number of rotatable bonds is 18. The largest absolute Gasteiger partial charge is 0.377 e. The van der Waals surface area contributed by atoms with E-state index in [1.54, 1.807) is 0 Å². The van der Waals surface area contributed by atoms with Crippen molar-refractivity contribution in [2.24, 2.45) is 5.41 Å². The number of methoxy groups -OCH3 is 1. The summed E-state index contributed by atoms with van der Waals surface area (Å²) in [5, 5.41) is 5.28. The Balaban J connectivity index is 3.34. The number of ether oxygens (including phenoxy) is 5. The highest BCUT2D eigenvalue weighted by Crippen LogP contribution is 2.14. The fourth-order valence-electron chi connectivity index (χ4n) is 1.74. The van der Waals surface area contributed by atoms with E-state index in [4.69, 9.17) is 18.9 Å². The van der Waals surface area contributed by atoms with Crippen LogP contribution in [0.2, 0.25) is 0 Å². The number of hydrogen-bond donors (Lipinski definition) is 2. The molecule has 0 bridgehead atoms. The Labute approximate surface area is 172 Å². The number of ketones is 1. The molecule has 10 heteroatoms. The van der Waals surface area contributed by atoms with Crippen LogP contribution in [0.1, 0.15) is 20.8 Å². The molecular weight excluding hydrogens is 384 g/mol. The van der Waals surface area contributed by atoms with E-state index in [-0.39, 0.29) is 44.0 Å². The van der Waals surface area contributed by atoms with Crippen LogP contribution in [0.4, 0.5) is 0 Å². The lowest BCUT2D eigenvalue weighted by molar-refractivity contribution is -0.131. The van der Waals surface area contributed by atoms with Crippen LogP contribution in [0.15, 0.2) is 0 Å². The topological polar surface area (TPSA) is 121 Å². The second kappa shape index (κ2) is 17.3. The molecule has 2 N–H and O–H groups in total. The number of carbonyl (C=O) groups is 3. The lowest BCUT2D eigenvalue weighted by atomic mass is 9.91. The predicted octanol–water partition coefficient (Wildman–Crippen LogP) is -0.453. The third kappa shape index (κ3) is 18.2. The van der Waals surface area contributed by atoms with Crippen LogP contribution >= 0.6 is 0 Å². The van der Waals surface area contributed by atoms with E-state index in [9.17, 15) is 14.4 Å². The van der Waals surface area contributed by atoms with Gasteiger partial charge in [0.25, 0.3) is 0 Å². The van der Waals surface area contributed by atoms with Gasteiger partial charge in [-0.05, 0) is 0 Å². The van der Waals surface area contributed by atoms with E-state index >= 15 is 0 Å². The van der Waals surface area contributed by atoms with E-state index in [0.717, 1.165) is 0 Å². The summed E-state index contributed by atoms with van der Waals surface area (Å²) in [6.07, 6.45) is 0. The highest BCUT2D eigenvalue weighted by Gasteiger charge is 2.20. The van der Waals surface area contributed by atoms with Gasteiger partial charge in [-0.25, -0.2) is 0 Å². The first-order valence-electron chi connectivity index (χ1n) is 9.64. The summed E-state index contributed by atoms with van der Waals surface area (Å²) in [6, 6.07) is 0. The molecule has 0 aliphatic heterocycles. The Hall–Kier alpha value is -1.59. The Morgan fingerprint density at radius 3 is 1.59 bits per heavy atom. The molecule has 0 aliphatic rings. The fourth-order valence-corrected chi connectivity index (χ4v) is 1.74. The van der Waals surface area contributed by atoms with Gasteiger partial charge in [-0.15, -0.1) is 0 Å². The molecule has 0 aromatic heterocycles. The van der Waals surface area contributed by atoms with Crippen LogP contribution in [0, 0.1) is 5.41 Å². The molecule has 0 aromatic rings. The summed E-state index contributed by atoms with van der Waals surface area (Å²) >= 11 is 0. The monoisotopic (exact) mass is 420 g/mol. The van der Waals surface area contributed by atoms with Crippen LogP contribution in [-0.4, -0.2) is 97.3 Å². The molecule has 0 fully saturated rings. The zero-order valence-corrected chi connectivity index (χ0v) is 18.0. The quantitative estimate of drug-likeness (QED) is 0.286. The number of nitrogens with one attached hydrogen (secondary N) is 2.